The fourth-order valence-corrected chi connectivity index (χ4v) is 4.67. The van der Waals surface area contributed by atoms with Crippen molar-refractivity contribution in [1.82, 2.24) is 34.9 Å². The van der Waals surface area contributed by atoms with Gasteiger partial charge in [-0.25, -0.2) is 4.98 Å². The van der Waals surface area contributed by atoms with E-state index in [1.807, 2.05) is 16.9 Å². The average Bonchev–Trinajstić information content (AvgIpc) is 3.47. The van der Waals surface area contributed by atoms with Gasteiger partial charge in [0, 0.05) is 62.8 Å². The quantitative estimate of drug-likeness (QED) is 0.570. The van der Waals surface area contributed by atoms with Crippen molar-refractivity contribution in [2.45, 2.75) is 38.9 Å². The molecule has 2 N–H and O–H groups in total. The predicted octanol–water partition coefficient (Wildman–Crippen LogP) is 1.37. The maximum Gasteiger partial charge on any atom is 0.275 e. The van der Waals surface area contributed by atoms with Gasteiger partial charge in [-0.3, -0.25) is 19.2 Å². The Labute approximate surface area is 192 Å². The highest BCUT2D eigenvalue weighted by Gasteiger charge is 2.32. The van der Waals surface area contributed by atoms with Gasteiger partial charge in [-0.05, 0) is 18.4 Å². The van der Waals surface area contributed by atoms with Crippen molar-refractivity contribution in [2.75, 3.05) is 26.2 Å². The van der Waals surface area contributed by atoms with Gasteiger partial charge >= 0.3 is 0 Å². The van der Waals surface area contributed by atoms with Crippen molar-refractivity contribution in [3.63, 3.8) is 0 Å². The zero-order valence-electron chi connectivity index (χ0n) is 18.7. The third-order valence-corrected chi connectivity index (χ3v) is 6.35. The second-order valence-corrected chi connectivity index (χ2v) is 8.66. The van der Waals surface area contributed by atoms with E-state index in [0.717, 1.165) is 49.4 Å². The van der Waals surface area contributed by atoms with Crippen LogP contribution in [0.15, 0.2) is 42.7 Å². The van der Waals surface area contributed by atoms with E-state index in [2.05, 4.69) is 44.5 Å². The first-order chi connectivity index (χ1) is 16.2. The number of benzene rings is 1. The van der Waals surface area contributed by atoms with Crippen molar-refractivity contribution in [2.24, 2.45) is 0 Å². The zero-order valence-corrected chi connectivity index (χ0v) is 18.7. The number of carbonyl (C=O) groups excluding carboxylic acids is 2. The van der Waals surface area contributed by atoms with E-state index in [1.165, 1.54) is 5.56 Å². The number of aryl methyl sites for hydroxylation is 2. The number of aromatic amines is 1. The number of amides is 2. The minimum Gasteiger partial charge on any atom is -0.353 e. The van der Waals surface area contributed by atoms with E-state index in [9.17, 15) is 9.59 Å². The van der Waals surface area contributed by atoms with Crippen LogP contribution in [0.5, 0.6) is 0 Å². The Morgan fingerprint density at radius 1 is 1.12 bits per heavy atom. The third kappa shape index (κ3) is 4.83. The summed E-state index contributed by atoms with van der Waals surface area (Å²) in [6.07, 6.45) is 6.34. The lowest BCUT2D eigenvalue weighted by Gasteiger charge is -2.28. The molecule has 172 valence electrons. The molecule has 2 aliphatic heterocycles. The minimum atomic E-state index is -0.150. The molecule has 0 spiro atoms. The van der Waals surface area contributed by atoms with E-state index < -0.39 is 0 Å². The molecule has 0 saturated carbocycles. The molecule has 0 aliphatic carbocycles. The third-order valence-electron chi connectivity index (χ3n) is 6.35. The molecular formula is C24H29N7O2. The summed E-state index contributed by atoms with van der Waals surface area (Å²) in [7, 11) is 0. The summed E-state index contributed by atoms with van der Waals surface area (Å²) in [5, 5.41) is 7.58. The van der Waals surface area contributed by atoms with Crippen molar-refractivity contribution in [1.29, 1.82) is 0 Å². The molecule has 1 aromatic carbocycles. The molecule has 0 atom stereocenters. The second-order valence-electron chi connectivity index (χ2n) is 8.66. The van der Waals surface area contributed by atoms with Gasteiger partial charge < -0.3 is 15.2 Å². The molecule has 0 unspecified atom stereocenters. The Morgan fingerprint density at radius 2 is 2.00 bits per heavy atom. The maximum absolute atomic E-state index is 13.4. The summed E-state index contributed by atoms with van der Waals surface area (Å²) in [6.45, 7) is 4.08. The van der Waals surface area contributed by atoms with E-state index in [-0.39, 0.29) is 18.4 Å². The van der Waals surface area contributed by atoms with Gasteiger partial charge in [0.2, 0.25) is 5.91 Å². The highest BCUT2D eigenvalue weighted by atomic mass is 16.2. The molecule has 4 heterocycles. The van der Waals surface area contributed by atoms with Crippen LogP contribution < -0.4 is 5.32 Å². The van der Waals surface area contributed by atoms with Crippen LogP contribution in [0.4, 0.5) is 0 Å². The van der Waals surface area contributed by atoms with Gasteiger partial charge in [0.25, 0.3) is 5.91 Å². The van der Waals surface area contributed by atoms with E-state index in [4.69, 9.17) is 5.10 Å². The minimum absolute atomic E-state index is 0.0879. The summed E-state index contributed by atoms with van der Waals surface area (Å²) in [5.74, 6) is 0.641. The maximum atomic E-state index is 13.4. The number of nitrogens with zero attached hydrogens (tertiary/aromatic N) is 5. The predicted molar refractivity (Wildman–Crippen MR) is 122 cm³/mol. The first-order valence-electron chi connectivity index (χ1n) is 11.6. The highest BCUT2D eigenvalue weighted by molar-refractivity contribution is 5.97. The first kappa shape index (κ1) is 21.4. The summed E-state index contributed by atoms with van der Waals surface area (Å²) in [4.78, 5) is 36.6. The fourth-order valence-electron chi connectivity index (χ4n) is 4.67. The van der Waals surface area contributed by atoms with Crippen molar-refractivity contribution < 1.29 is 9.59 Å². The van der Waals surface area contributed by atoms with Gasteiger partial charge in [-0.15, -0.1) is 0 Å². The van der Waals surface area contributed by atoms with E-state index in [0.29, 0.717) is 31.9 Å². The Morgan fingerprint density at radius 3 is 2.79 bits per heavy atom. The van der Waals surface area contributed by atoms with E-state index in [1.54, 1.807) is 11.1 Å². The topological polar surface area (TPSA) is 99.2 Å². The molecular weight excluding hydrogens is 418 g/mol. The number of aromatic nitrogens is 4. The Kier molecular flexibility index (Phi) is 6.21. The number of carbonyl (C=O) groups is 2. The van der Waals surface area contributed by atoms with Crippen LogP contribution in [0.2, 0.25) is 0 Å². The van der Waals surface area contributed by atoms with Gasteiger partial charge in [-0.1, -0.05) is 30.3 Å². The molecule has 2 aromatic heterocycles. The second kappa shape index (κ2) is 9.58. The monoisotopic (exact) mass is 447 g/mol. The highest BCUT2D eigenvalue weighted by Crippen LogP contribution is 2.25. The van der Waals surface area contributed by atoms with Crippen molar-refractivity contribution in [3.05, 3.63) is 71.1 Å². The zero-order chi connectivity index (χ0) is 22.6. The lowest BCUT2D eigenvalue weighted by Crippen LogP contribution is -2.50. The van der Waals surface area contributed by atoms with Gasteiger partial charge in [0.05, 0.1) is 13.1 Å². The number of hydrogen-bond donors (Lipinski definition) is 2. The smallest absolute Gasteiger partial charge is 0.275 e. The number of imidazole rings is 1. The molecule has 9 heteroatoms. The van der Waals surface area contributed by atoms with Crippen molar-refractivity contribution in [3.8, 4) is 0 Å². The van der Waals surface area contributed by atoms with Crippen LogP contribution >= 0.6 is 0 Å². The largest absolute Gasteiger partial charge is 0.353 e. The lowest BCUT2D eigenvalue weighted by molar-refractivity contribution is -0.123. The van der Waals surface area contributed by atoms with Crippen LogP contribution in [-0.2, 0) is 37.3 Å². The number of rotatable bonds is 7. The molecule has 0 bridgehead atoms. The number of fused-ring (bicyclic) bond motifs is 1. The SMILES string of the molecule is O=C1CN(C(=O)c2nn(CCCc3ccccc3)c3c2CN(Cc2ncc[nH]2)CC3)CCN1. The Hall–Kier alpha value is -3.46. The van der Waals surface area contributed by atoms with Crippen LogP contribution in [0.3, 0.4) is 0 Å². The summed E-state index contributed by atoms with van der Waals surface area (Å²) >= 11 is 0. The normalized spacial score (nSPS) is 16.5. The van der Waals surface area contributed by atoms with Crippen LogP contribution in [-0.4, -0.2) is 67.5 Å². The number of nitrogens with one attached hydrogen (secondary N) is 2. The Bertz CT molecular complexity index is 1110. The lowest BCUT2D eigenvalue weighted by atomic mass is 10.0. The Balaban J connectivity index is 1.36. The molecule has 1 saturated heterocycles. The van der Waals surface area contributed by atoms with Gasteiger partial charge in [0.15, 0.2) is 5.69 Å². The van der Waals surface area contributed by atoms with Crippen LogP contribution in [0.25, 0.3) is 0 Å². The number of hydrogen-bond acceptors (Lipinski definition) is 5. The molecule has 9 nitrogen and oxygen atoms in total. The van der Waals surface area contributed by atoms with E-state index >= 15 is 0 Å². The summed E-state index contributed by atoms with van der Waals surface area (Å²) in [6, 6.07) is 10.4. The fraction of sp³-hybridized carbons (Fsp3) is 0.417. The molecule has 33 heavy (non-hydrogen) atoms. The molecule has 2 aliphatic rings. The molecule has 0 radical (unpaired) electrons. The number of H-pyrrole nitrogens is 1. The molecule has 5 rings (SSSR count). The standard InChI is InChI=1S/C24H29N7O2/c32-22-17-30(14-11-27-22)24(33)23-19-15-29(16-21-25-9-10-26-21)13-8-20(19)31(28-23)12-4-7-18-5-2-1-3-6-18/h1-3,5-6,9-10H,4,7-8,11-17H2,(H,25,26)(H,27,32). The summed E-state index contributed by atoms with van der Waals surface area (Å²) < 4.78 is 2.03. The van der Waals surface area contributed by atoms with Crippen LogP contribution in [0, 0.1) is 0 Å². The molecule has 1 fully saturated rings. The van der Waals surface area contributed by atoms with Gasteiger partial charge in [0.1, 0.15) is 5.82 Å². The van der Waals surface area contributed by atoms with Crippen molar-refractivity contribution >= 4 is 11.8 Å². The summed E-state index contributed by atoms with van der Waals surface area (Å²) in [5.41, 5.74) is 3.93. The first-order valence-corrected chi connectivity index (χ1v) is 11.6. The average molecular weight is 448 g/mol. The van der Waals surface area contributed by atoms with Crippen LogP contribution in [0.1, 0.15) is 39.6 Å². The molecule has 3 aromatic rings. The number of piperazine rings is 1. The molecule has 2 amide bonds. The van der Waals surface area contributed by atoms with Gasteiger partial charge in [-0.2, -0.15) is 5.10 Å².